The third-order valence-corrected chi connectivity index (χ3v) is 2.66. The summed E-state index contributed by atoms with van der Waals surface area (Å²) >= 11 is 0. The first-order valence-electron chi connectivity index (χ1n) is 5.94. The molecule has 1 heterocycles. The number of hydrogen-bond acceptors (Lipinski definition) is 3. The Labute approximate surface area is 115 Å². The average Bonchev–Trinajstić information content (AvgIpc) is 2.84. The van der Waals surface area contributed by atoms with Crippen LogP contribution in [0.4, 0.5) is 5.69 Å². The van der Waals surface area contributed by atoms with Crippen LogP contribution in [0.25, 0.3) is 0 Å². The number of nitrogens with zero attached hydrogens (tertiary/aromatic N) is 1. The number of ether oxygens (including phenoxy) is 1. The van der Waals surface area contributed by atoms with E-state index in [1.165, 1.54) is 0 Å². The molecule has 2 aromatic rings. The second kappa shape index (κ2) is 5.92. The van der Waals surface area contributed by atoms with Gasteiger partial charge in [0.25, 0.3) is 5.91 Å². The Morgan fingerprint density at radius 3 is 2.65 bits per heavy atom. The van der Waals surface area contributed by atoms with Crippen molar-refractivity contribution >= 4 is 17.6 Å². The summed E-state index contributed by atoms with van der Waals surface area (Å²) in [5.41, 5.74) is 0.929. The maximum atomic E-state index is 12.1. The highest BCUT2D eigenvalue weighted by molar-refractivity contribution is 6.04. The zero-order valence-electron chi connectivity index (χ0n) is 10.9. The third kappa shape index (κ3) is 3.17. The molecule has 0 fully saturated rings. The molecule has 2 N–H and O–H groups in total. The van der Waals surface area contributed by atoms with Gasteiger partial charge >= 0.3 is 5.97 Å². The fourth-order valence-electron chi connectivity index (χ4n) is 1.72. The largest absolute Gasteiger partial charge is 0.480 e. The number of aromatic nitrogens is 1. The first-order chi connectivity index (χ1) is 9.58. The van der Waals surface area contributed by atoms with Gasteiger partial charge in [-0.25, -0.2) is 4.79 Å². The van der Waals surface area contributed by atoms with E-state index in [0.717, 1.165) is 0 Å². The lowest BCUT2D eigenvalue weighted by Crippen LogP contribution is -2.17. The predicted molar refractivity (Wildman–Crippen MR) is 72.9 cm³/mol. The van der Waals surface area contributed by atoms with Crippen LogP contribution in [0.1, 0.15) is 10.5 Å². The number of carboxylic acids is 1. The number of carboxylic acid groups (broad SMARTS) is 1. The Balaban J connectivity index is 2.15. The lowest BCUT2D eigenvalue weighted by molar-refractivity contribution is -0.139. The minimum atomic E-state index is -1.08. The topological polar surface area (TPSA) is 80.6 Å². The summed E-state index contributed by atoms with van der Waals surface area (Å²) in [7, 11) is 1.77. The number of carbonyl (C=O) groups excluding carboxylic acids is 1. The summed E-state index contributed by atoms with van der Waals surface area (Å²) in [4.78, 5) is 22.6. The molecule has 0 radical (unpaired) electrons. The molecule has 0 saturated carbocycles. The molecule has 20 heavy (non-hydrogen) atoms. The standard InChI is InChI=1S/C14H14N2O4/c1-16-8-4-6-11(16)14(19)15-10-5-2-3-7-12(10)20-9-13(17)18/h2-8H,9H2,1H3,(H,15,19)(H,17,18). The van der Waals surface area contributed by atoms with Gasteiger partial charge in [0.1, 0.15) is 11.4 Å². The lowest BCUT2D eigenvalue weighted by Gasteiger charge is -2.11. The quantitative estimate of drug-likeness (QED) is 0.870. The summed E-state index contributed by atoms with van der Waals surface area (Å²) in [6.45, 7) is -0.461. The monoisotopic (exact) mass is 274 g/mol. The third-order valence-electron chi connectivity index (χ3n) is 2.66. The first kappa shape index (κ1) is 13.7. The SMILES string of the molecule is Cn1cccc1C(=O)Nc1ccccc1OCC(=O)O. The van der Waals surface area contributed by atoms with Gasteiger partial charge in [0.2, 0.25) is 0 Å². The normalized spacial score (nSPS) is 10.1. The molecule has 0 bridgehead atoms. The second-order valence-electron chi connectivity index (χ2n) is 4.14. The maximum absolute atomic E-state index is 12.1. The van der Waals surface area contributed by atoms with Crippen molar-refractivity contribution in [2.75, 3.05) is 11.9 Å². The number of para-hydroxylation sites is 2. The van der Waals surface area contributed by atoms with Crippen LogP contribution in [-0.4, -0.2) is 28.2 Å². The Morgan fingerprint density at radius 1 is 1.25 bits per heavy atom. The number of hydrogen-bond donors (Lipinski definition) is 2. The Hall–Kier alpha value is -2.76. The van der Waals surface area contributed by atoms with E-state index in [4.69, 9.17) is 9.84 Å². The number of rotatable bonds is 5. The van der Waals surface area contributed by atoms with Crippen LogP contribution < -0.4 is 10.1 Å². The summed E-state index contributed by atoms with van der Waals surface area (Å²) in [6.07, 6.45) is 1.77. The van der Waals surface area contributed by atoms with Gasteiger partial charge in [0.15, 0.2) is 6.61 Å². The molecule has 0 aliphatic carbocycles. The van der Waals surface area contributed by atoms with E-state index in [1.54, 1.807) is 54.2 Å². The number of aryl methyl sites for hydroxylation is 1. The molecule has 1 aromatic heterocycles. The van der Waals surface area contributed by atoms with E-state index in [1.807, 2.05) is 0 Å². The molecule has 1 amide bonds. The number of anilines is 1. The first-order valence-corrected chi connectivity index (χ1v) is 5.94. The molecule has 0 saturated heterocycles. The van der Waals surface area contributed by atoms with E-state index < -0.39 is 12.6 Å². The van der Waals surface area contributed by atoms with Crippen LogP contribution in [0.3, 0.4) is 0 Å². The van der Waals surface area contributed by atoms with Crippen LogP contribution in [0.15, 0.2) is 42.6 Å². The van der Waals surface area contributed by atoms with E-state index in [-0.39, 0.29) is 5.91 Å². The molecule has 0 aliphatic heterocycles. The average molecular weight is 274 g/mol. The van der Waals surface area contributed by atoms with Crippen molar-refractivity contribution in [3.63, 3.8) is 0 Å². The van der Waals surface area contributed by atoms with E-state index in [2.05, 4.69) is 5.32 Å². The summed E-state index contributed by atoms with van der Waals surface area (Å²) in [6, 6.07) is 10.1. The van der Waals surface area contributed by atoms with Gasteiger partial charge in [-0.15, -0.1) is 0 Å². The molecule has 0 aliphatic rings. The zero-order chi connectivity index (χ0) is 14.5. The number of carbonyl (C=O) groups is 2. The van der Waals surface area contributed by atoms with Crippen molar-refractivity contribution in [2.45, 2.75) is 0 Å². The fraction of sp³-hybridized carbons (Fsp3) is 0.143. The summed E-state index contributed by atoms with van der Waals surface area (Å²) in [5, 5.41) is 11.3. The highest BCUT2D eigenvalue weighted by Gasteiger charge is 2.12. The molecule has 2 rings (SSSR count). The van der Waals surface area contributed by atoms with Crippen LogP contribution in [0.5, 0.6) is 5.75 Å². The highest BCUT2D eigenvalue weighted by atomic mass is 16.5. The van der Waals surface area contributed by atoms with Gasteiger partial charge in [-0.3, -0.25) is 4.79 Å². The van der Waals surface area contributed by atoms with Gasteiger partial charge in [0.05, 0.1) is 5.69 Å². The van der Waals surface area contributed by atoms with Gasteiger partial charge in [-0.05, 0) is 24.3 Å². The van der Waals surface area contributed by atoms with Gasteiger partial charge in [-0.1, -0.05) is 12.1 Å². The smallest absolute Gasteiger partial charge is 0.341 e. The van der Waals surface area contributed by atoms with Crippen molar-refractivity contribution < 1.29 is 19.4 Å². The molecular weight excluding hydrogens is 260 g/mol. The van der Waals surface area contributed by atoms with Crippen molar-refractivity contribution in [3.8, 4) is 5.75 Å². The van der Waals surface area contributed by atoms with Crippen LogP contribution in [0.2, 0.25) is 0 Å². The molecule has 1 aromatic carbocycles. The fourth-order valence-corrected chi connectivity index (χ4v) is 1.72. The zero-order valence-corrected chi connectivity index (χ0v) is 10.9. The van der Waals surface area contributed by atoms with E-state index in [9.17, 15) is 9.59 Å². The summed E-state index contributed by atoms with van der Waals surface area (Å²) in [5.74, 6) is -1.05. The van der Waals surface area contributed by atoms with Crippen molar-refractivity contribution in [1.82, 2.24) is 4.57 Å². The minimum Gasteiger partial charge on any atom is -0.480 e. The second-order valence-corrected chi connectivity index (χ2v) is 4.14. The highest BCUT2D eigenvalue weighted by Crippen LogP contribution is 2.24. The van der Waals surface area contributed by atoms with E-state index >= 15 is 0 Å². The van der Waals surface area contributed by atoms with Gasteiger partial charge in [-0.2, -0.15) is 0 Å². The Morgan fingerprint density at radius 2 is 2.00 bits per heavy atom. The molecule has 0 spiro atoms. The predicted octanol–water partition coefficient (Wildman–Crippen LogP) is 1.74. The van der Waals surface area contributed by atoms with Crippen LogP contribution in [0, 0.1) is 0 Å². The van der Waals surface area contributed by atoms with Gasteiger partial charge in [0, 0.05) is 13.2 Å². The minimum absolute atomic E-state index is 0.288. The molecule has 6 heteroatoms. The van der Waals surface area contributed by atoms with Crippen molar-refractivity contribution in [2.24, 2.45) is 7.05 Å². The van der Waals surface area contributed by atoms with E-state index in [0.29, 0.717) is 17.1 Å². The number of nitrogens with one attached hydrogen (secondary N) is 1. The molecule has 6 nitrogen and oxygen atoms in total. The van der Waals surface area contributed by atoms with Crippen molar-refractivity contribution in [1.29, 1.82) is 0 Å². The maximum Gasteiger partial charge on any atom is 0.341 e. The number of amides is 1. The van der Waals surface area contributed by atoms with Gasteiger partial charge < -0.3 is 19.7 Å². The molecular formula is C14H14N2O4. The number of benzene rings is 1. The van der Waals surface area contributed by atoms with Crippen LogP contribution >= 0.6 is 0 Å². The molecule has 0 unspecified atom stereocenters. The Bertz CT molecular complexity index is 634. The molecule has 0 atom stereocenters. The van der Waals surface area contributed by atoms with Crippen LogP contribution in [-0.2, 0) is 11.8 Å². The number of aliphatic carboxylic acids is 1. The molecule has 104 valence electrons. The Kier molecular flexibility index (Phi) is 4.05. The lowest BCUT2D eigenvalue weighted by atomic mass is 10.2. The summed E-state index contributed by atoms with van der Waals surface area (Å²) < 4.78 is 6.82. The van der Waals surface area contributed by atoms with Crippen molar-refractivity contribution in [3.05, 3.63) is 48.3 Å².